The van der Waals surface area contributed by atoms with Crippen LogP contribution in [0.4, 0.5) is 4.79 Å². The lowest BCUT2D eigenvalue weighted by molar-refractivity contribution is -0.143. The second-order valence-corrected chi connectivity index (χ2v) is 7.45. The molecular formula is C22H25NO7. The Kier molecular flexibility index (Phi) is 7.54. The molecule has 8 heteroatoms. The molecule has 0 saturated carbocycles. The Morgan fingerprint density at radius 3 is 2.23 bits per heavy atom. The molecule has 0 heterocycles. The van der Waals surface area contributed by atoms with Gasteiger partial charge in [0.1, 0.15) is 17.5 Å². The zero-order valence-corrected chi connectivity index (χ0v) is 17.2. The second kappa shape index (κ2) is 9.89. The number of esters is 1. The van der Waals surface area contributed by atoms with Gasteiger partial charge in [-0.15, -0.1) is 0 Å². The van der Waals surface area contributed by atoms with E-state index in [1.807, 2.05) is 0 Å². The van der Waals surface area contributed by atoms with Gasteiger partial charge < -0.3 is 24.6 Å². The van der Waals surface area contributed by atoms with Gasteiger partial charge in [0.05, 0.1) is 5.56 Å². The summed E-state index contributed by atoms with van der Waals surface area (Å²) in [7, 11) is 1.32. The topological polar surface area (TPSA) is 111 Å². The van der Waals surface area contributed by atoms with Crippen molar-refractivity contribution in [3.63, 3.8) is 0 Å². The third-order valence-corrected chi connectivity index (χ3v) is 3.90. The van der Waals surface area contributed by atoms with E-state index in [0.29, 0.717) is 11.1 Å². The Bertz CT molecular complexity index is 890. The molecule has 0 bridgehead atoms. The van der Waals surface area contributed by atoms with Crippen molar-refractivity contribution in [2.75, 3.05) is 7.11 Å². The number of aliphatic carboxylic acids is 1. The van der Waals surface area contributed by atoms with Crippen LogP contribution in [-0.2, 0) is 14.3 Å². The minimum Gasteiger partial charge on any atom is -0.480 e. The Morgan fingerprint density at radius 2 is 1.67 bits per heavy atom. The molecule has 2 atom stereocenters. The van der Waals surface area contributed by atoms with Crippen LogP contribution in [0.25, 0.3) is 0 Å². The summed E-state index contributed by atoms with van der Waals surface area (Å²) in [5.41, 5.74) is -0.0122. The van der Waals surface area contributed by atoms with Crippen molar-refractivity contribution >= 4 is 18.0 Å². The first kappa shape index (κ1) is 22.9. The van der Waals surface area contributed by atoms with E-state index in [9.17, 15) is 19.5 Å². The SMILES string of the molecule is CO[C@H](c1cccc(OC(=O)c2ccccc2)c1)[C@@H](NC(=O)OC(C)(C)C)C(=O)O. The number of carbonyl (C=O) groups is 3. The molecule has 0 unspecified atom stereocenters. The molecule has 0 spiro atoms. The number of carboxylic acid groups (broad SMARTS) is 1. The number of methoxy groups -OCH3 is 1. The van der Waals surface area contributed by atoms with Crippen molar-refractivity contribution in [1.82, 2.24) is 5.32 Å². The van der Waals surface area contributed by atoms with Crippen LogP contribution in [0.1, 0.15) is 42.8 Å². The number of carbonyl (C=O) groups excluding carboxylic acids is 2. The zero-order chi connectivity index (χ0) is 22.3. The van der Waals surface area contributed by atoms with Gasteiger partial charge >= 0.3 is 18.0 Å². The molecule has 1 amide bonds. The van der Waals surface area contributed by atoms with Crippen molar-refractivity contribution in [1.29, 1.82) is 0 Å². The Hall–Kier alpha value is -3.39. The van der Waals surface area contributed by atoms with Crippen LogP contribution in [0, 0.1) is 0 Å². The fraction of sp³-hybridized carbons (Fsp3) is 0.318. The molecule has 0 fully saturated rings. The van der Waals surface area contributed by atoms with E-state index >= 15 is 0 Å². The standard InChI is InChI=1S/C22H25NO7/c1-22(2,3)30-21(27)23-17(19(24)25)18(28-4)15-11-8-12-16(13-15)29-20(26)14-9-6-5-7-10-14/h5-13,17-18H,1-4H3,(H,23,27)(H,24,25)/t17-,18-/m1/s1. The molecule has 0 aliphatic carbocycles. The van der Waals surface area contributed by atoms with Gasteiger partial charge in [0.25, 0.3) is 0 Å². The van der Waals surface area contributed by atoms with Crippen molar-refractivity contribution in [3.8, 4) is 5.75 Å². The van der Waals surface area contributed by atoms with Crippen molar-refractivity contribution in [2.24, 2.45) is 0 Å². The molecule has 0 saturated heterocycles. The van der Waals surface area contributed by atoms with Crippen LogP contribution < -0.4 is 10.1 Å². The van der Waals surface area contributed by atoms with Gasteiger partial charge in [-0.2, -0.15) is 0 Å². The molecule has 2 rings (SSSR count). The quantitative estimate of drug-likeness (QED) is 0.525. The van der Waals surface area contributed by atoms with Crippen LogP contribution in [-0.4, -0.2) is 41.9 Å². The predicted octanol–water partition coefficient (Wildman–Crippen LogP) is 3.57. The highest BCUT2D eigenvalue weighted by Crippen LogP contribution is 2.26. The molecule has 0 aromatic heterocycles. The summed E-state index contributed by atoms with van der Waals surface area (Å²) >= 11 is 0. The molecule has 8 nitrogen and oxygen atoms in total. The van der Waals surface area contributed by atoms with Gasteiger partial charge in [-0.05, 0) is 50.6 Å². The zero-order valence-electron chi connectivity index (χ0n) is 17.2. The first-order valence-corrected chi connectivity index (χ1v) is 9.23. The number of alkyl carbamates (subject to hydrolysis) is 1. The minimum absolute atomic E-state index is 0.213. The number of rotatable bonds is 7. The highest BCUT2D eigenvalue weighted by Gasteiger charge is 2.33. The van der Waals surface area contributed by atoms with Crippen molar-refractivity contribution in [2.45, 2.75) is 38.5 Å². The number of nitrogens with one attached hydrogen (secondary N) is 1. The molecule has 160 valence electrons. The van der Waals surface area contributed by atoms with E-state index in [-0.39, 0.29) is 5.75 Å². The monoisotopic (exact) mass is 415 g/mol. The van der Waals surface area contributed by atoms with E-state index in [4.69, 9.17) is 14.2 Å². The van der Waals surface area contributed by atoms with E-state index in [1.165, 1.54) is 13.2 Å². The summed E-state index contributed by atoms with van der Waals surface area (Å²) < 4.78 is 15.8. The van der Waals surface area contributed by atoms with E-state index in [1.54, 1.807) is 69.3 Å². The fourth-order valence-electron chi connectivity index (χ4n) is 2.66. The van der Waals surface area contributed by atoms with Crippen LogP contribution in [0.15, 0.2) is 54.6 Å². The first-order valence-electron chi connectivity index (χ1n) is 9.23. The number of hydrogen-bond acceptors (Lipinski definition) is 6. The van der Waals surface area contributed by atoms with Crippen molar-refractivity contribution in [3.05, 3.63) is 65.7 Å². The molecule has 2 aromatic carbocycles. The summed E-state index contributed by atoms with van der Waals surface area (Å²) in [5, 5.41) is 11.9. The van der Waals surface area contributed by atoms with Gasteiger partial charge in [-0.3, -0.25) is 0 Å². The highest BCUT2D eigenvalue weighted by atomic mass is 16.6. The molecular weight excluding hydrogens is 390 g/mol. The number of amides is 1. The number of ether oxygens (including phenoxy) is 3. The summed E-state index contributed by atoms with van der Waals surface area (Å²) in [6.07, 6.45) is -1.94. The second-order valence-electron chi connectivity index (χ2n) is 7.45. The maximum Gasteiger partial charge on any atom is 0.408 e. The third-order valence-electron chi connectivity index (χ3n) is 3.90. The Labute approximate surface area is 174 Å². The van der Waals surface area contributed by atoms with Crippen LogP contribution >= 0.6 is 0 Å². The number of benzene rings is 2. The molecule has 2 N–H and O–H groups in total. The molecule has 2 aromatic rings. The molecule has 0 radical (unpaired) electrons. The average Bonchev–Trinajstić information content (AvgIpc) is 2.67. The summed E-state index contributed by atoms with van der Waals surface area (Å²) in [6.45, 7) is 5.00. The normalized spacial score (nSPS) is 13.1. The maximum absolute atomic E-state index is 12.3. The smallest absolute Gasteiger partial charge is 0.408 e. The predicted molar refractivity (Wildman–Crippen MR) is 108 cm³/mol. The summed E-state index contributed by atoms with van der Waals surface area (Å²) in [6, 6.07) is 13.3. The molecule has 0 aliphatic heterocycles. The third kappa shape index (κ3) is 6.59. The van der Waals surface area contributed by atoms with E-state index < -0.39 is 35.8 Å². The Balaban J connectivity index is 2.21. The Morgan fingerprint density at radius 1 is 1.00 bits per heavy atom. The maximum atomic E-state index is 12.3. The van der Waals surface area contributed by atoms with Gasteiger partial charge in [0.15, 0.2) is 6.04 Å². The van der Waals surface area contributed by atoms with Crippen LogP contribution in [0.5, 0.6) is 5.75 Å². The number of carboxylic acids is 1. The van der Waals surface area contributed by atoms with E-state index in [2.05, 4.69) is 5.32 Å². The molecule has 0 aliphatic rings. The lowest BCUT2D eigenvalue weighted by atomic mass is 10.0. The lowest BCUT2D eigenvalue weighted by Crippen LogP contribution is -2.47. The van der Waals surface area contributed by atoms with Gasteiger partial charge in [0, 0.05) is 7.11 Å². The lowest BCUT2D eigenvalue weighted by Gasteiger charge is -2.26. The van der Waals surface area contributed by atoms with E-state index in [0.717, 1.165) is 0 Å². The van der Waals surface area contributed by atoms with Crippen molar-refractivity contribution < 1.29 is 33.7 Å². The van der Waals surface area contributed by atoms with Crippen LogP contribution in [0.3, 0.4) is 0 Å². The average molecular weight is 415 g/mol. The first-order chi connectivity index (χ1) is 14.1. The van der Waals surface area contributed by atoms with Gasteiger partial charge in [-0.1, -0.05) is 30.3 Å². The minimum atomic E-state index is -1.43. The highest BCUT2D eigenvalue weighted by molar-refractivity contribution is 5.91. The fourth-order valence-corrected chi connectivity index (χ4v) is 2.66. The van der Waals surface area contributed by atoms with Gasteiger partial charge in [0.2, 0.25) is 0 Å². The largest absolute Gasteiger partial charge is 0.480 e. The molecule has 30 heavy (non-hydrogen) atoms. The van der Waals surface area contributed by atoms with Gasteiger partial charge in [-0.25, -0.2) is 14.4 Å². The summed E-state index contributed by atoms with van der Waals surface area (Å²) in [4.78, 5) is 36.1. The van der Waals surface area contributed by atoms with Crippen LogP contribution in [0.2, 0.25) is 0 Å². The summed E-state index contributed by atoms with van der Waals surface area (Å²) in [5.74, 6) is -1.65. The number of hydrogen-bond donors (Lipinski definition) is 2.